The van der Waals surface area contributed by atoms with E-state index in [4.69, 9.17) is 14.2 Å². The first-order valence-corrected chi connectivity index (χ1v) is 7.14. The summed E-state index contributed by atoms with van der Waals surface area (Å²) in [5, 5.41) is 9.06. The number of carbonyl (C=O) groups excluding carboxylic acids is 1. The van der Waals surface area contributed by atoms with Gasteiger partial charge in [0.05, 0.1) is 0 Å². The summed E-state index contributed by atoms with van der Waals surface area (Å²) < 4.78 is 22.0. The number of carbonyl (C=O) groups is 2. The third-order valence-corrected chi connectivity index (χ3v) is 5.43. The largest absolute Gasteiger partial charge is 0.481 e. The monoisotopic (exact) mass is 280 g/mol. The lowest BCUT2D eigenvalue weighted by atomic mass is 9.83. The second kappa shape index (κ2) is 5.95. The van der Waals surface area contributed by atoms with E-state index in [-0.39, 0.29) is 5.92 Å². The van der Waals surface area contributed by atoms with Crippen LogP contribution in [0, 0.1) is 11.3 Å². The first-order chi connectivity index (χ1) is 8.04. The van der Waals surface area contributed by atoms with Gasteiger partial charge < -0.3 is 14.2 Å². The summed E-state index contributed by atoms with van der Waals surface area (Å²) in [6, 6.07) is 0. The number of hydrogen-bond acceptors (Lipinski definition) is 5. The summed E-state index contributed by atoms with van der Waals surface area (Å²) in [6.45, 7) is 5.90. The van der Waals surface area contributed by atoms with Gasteiger partial charge >= 0.3 is 13.6 Å². The van der Waals surface area contributed by atoms with Gasteiger partial charge in [0.15, 0.2) is 5.78 Å². The molecule has 0 saturated heterocycles. The molecule has 0 bridgehead atoms. The van der Waals surface area contributed by atoms with Crippen molar-refractivity contribution in [3.05, 3.63) is 0 Å². The quantitative estimate of drug-likeness (QED) is 0.568. The molecule has 0 amide bonds. The summed E-state index contributed by atoms with van der Waals surface area (Å²) in [4.78, 5) is 23.4. The van der Waals surface area contributed by atoms with E-state index >= 15 is 0 Å². The molecule has 6 nitrogen and oxygen atoms in total. The Balaban J connectivity index is 5.61. The normalized spacial score (nSPS) is 14.6. The van der Waals surface area contributed by atoms with Gasteiger partial charge in [-0.15, -0.1) is 0 Å². The lowest BCUT2D eigenvalue weighted by Gasteiger charge is -2.30. The summed E-state index contributed by atoms with van der Waals surface area (Å²) in [7, 11) is -1.29. The van der Waals surface area contributed by atoms with Crippen LogP contribution in [0.2, 0.25) is 0 Å². The van der Waals surface area contributed by atoms with Crippen LogP contribution in [0.1, 0.15) is 27.7 Å². The van der Waals surface area contributed by atoms with Crippen LogP contribution in [0.25, 0.3) is 0 Å². The number of hydrogen-bond donors (Lipinski definition) is 1. The first-order valence-electron chi connectivity index (χ1n) is 5.53. The van der Waals surface area contributed by atoms with Gasteiger partial charge in [-0.25, -0.2) is 0 Å². The number of Topliss-reactive ketones (excluding diaryl/α,β-unsaturated/α-hetero) is 1. The highest BCUT2D eigenvalue weighted by Crippen LogP contribution is 2.56. The predicted octanol–water partition coefficient (Wildman–Crippen LogP) is 2.18. The Morgan fingerprint density at radius 1 is 1.17 bits per heavy atom. The Labute approximate surface area is 107 Å². The maximum Gasteiger partial charge on any atom is 0.340 e. The Hall–Kier alpha value is -0.710. The molecule has 0 saturated carbocycles. The van der Waals surface area contributed by atoms with Gasteiger partial charge in [-0.05, 0) is 19.8 Å². The number of carboxylic acid groups (broad SMARTS) is 1. The molecule has 0 aliphatic rings. The summed E-state index contributed by atoms with van der Waals surface area (Å²) in [5.74, 6) is -2.28. The third kappa shape index (κ3) is 3.19. The number of aliphatic carboxylic acids is 1. The van der Waals surface area contributed by atoms with Crippen LogP contribution in [0.15, 0.2) is 0 Å². The molecular formula is C11H21O6P. The number of rotatable bonds is 7. The highest BCUT2D eigenvalue weighted by molar-refractivity contribution is 7.55. The van der Waals surface area contributed by atoms with Gasteiger partial charge in [-0.3, -0.25) is 14.2 Å². The van der Waals surface area contributed by atoms with Crippen LogP contribution in [-0.4, -0.2) is 36.7 Å². The van der Waals surface area contributed by atoms with E-state index in [9.17, 15) is 14.2 Å². The van der Waals surface area contributed by atoms with Gasteiger partial charge in [-0.2, -0.15) is 0 Å². The van der Waals surface area contributed by atoms with Gasteiger partial charge in [0.25, 0.3) is 0 Å². The smallest absolute Gasteiger partial charge is 0.340 e. The molecule has 18 heavy (non-hydrogen) atoms. The van der Waals surface area contributed by atoms with Crippen molar-refractivity contribution in [1.29, 1.82) is 0 Å². The zero-order valence-corrected chi connectivity index (χ0v) is 12.5. The first kappa shape index (κ1) is 17.3. The fourth-order valence-corrected chi connectivity index (χ4v) is 3.53. The summed E-state index contributed by atoms with van der Waals surface area (Å²) in [5.41, 5.74) is -2.74. The van der Waals surface area contributed by atoms with E-state index in [0.717, 1.165) is 0 Å². The lowest BCUT2D eigenvalue weighted by Crippen LogP contribution is -2.43. The van der Waals surface area contributed by atoms with E-state index < -0.39 is 30.4 Å². The van der Waals surface area contributed by atoms with Crippen molar-refractivity contribution < 1.29 is 28.3 Å². The molecule has 0 aromatic heterocycles. The standard InChI is InChI=1S/C11H21O6P/c1-7(2)8(18(15,16-5)17-6)9(12)11(3,4)10(13)14/h7-8H,1-6H3,(H,13,14). The molecule has 0 rings (SSSR count). The maximum atomic E-state index is 12.3. The lowest BCUT2D eigenvalue weighted by molar-refractivity contribution is -0.152. The van der Waals surface area contributed by atoms with Gasteiger partial charge in [0.1, 0.15) is 11.1 Å². The molecule has 1 unspecified atom stereocenters. The Morgan fingerprint density at radius 3 is 1.78 bits per heavy atom. The molecule has 0 radical (unpaired) electrons. The molecule has 0 fully saturated rings. The van der Waals surface area contributed by atoms with Crippen LogP contribution >= 0.6 is 7.60 Å². The average molecular weight is 280 g/mol. The summed E-state index contributed by atoms with van der Waals surface area (Å²) >= 11 is 0. The van der Waals surface area contributed by atoms with Crippen molar-refractivity contribution in [1.82, 2.24) is 0 Å². The van der Waals surface area contributed by atoms with Crippen molar-refractivity contribution >= 4 is 19.3 Å². The van der Waals surface area contributed by atoms with Crippen molar-refractivity contribution in [2.75, 3.05) is 14.2 Å². The van der Waals surface area contributed by atoms with Crippen LogP contribution < -0.4 is 0 Å². The number of ketones is 1. The molecule has 0 aromatic carbocycles. The molecule has 0 heterocycles. The minimum atomic E-state index is -3.65. The van der Waals surface area contributed by atoms with Crippen molar-refractivity contribution in [2.45, 2.75) is 33.4 Å². The molecule has 106 valence electrons. The van der Waals surface area contributed by atoms with Crippen molar-refractivity contribution in [3.8, 4) is 0 Å². The Bertz CT molecular complexity index is 366. The van der Waals surface area contributed by atoms with Crippen molar-refractivity contribution in [2.24, 2.45) is 11.3 Å². The summed E-state index contributed by atoms with van der Waals surface area (Å²) in [6.07, 6.45) is 0. The zero-order chi connectivity index (χ0) is 14.7. The van der Waals surface area contributed by atoms with E-state index in [1.165, 1.54) is 28.1 Å². The highest BCUT2D eigenvalue weighted by atomic mass is 31.2. The maximum absolute atomic E-state index is 12.3. The average Bonchev–Trinajstić information content (AvgIpc) is 2.27. The Kier molecular flexibility index (Phi) is 5.72. The van der Waals surface area contributed by atoms with Crippen LogP contribution in [-0.2, 0) is 23.2 Å². The van der Waals surface area contributed by atoms with Gasteiger partial charge in [0, 0.05) is 14.2 Å². The molecule has 0 aliphatic carbocycles. The van der Waals surface area contributed by atoms with Gasteiger partial charge in [0.2, 0.25) is 0 Å². The molecule has 7 heteroatoms. The number of carboxylic acids is 1. The fourth-order valence-electron chi connectivity index (χ4n) is 1.59. The molecule has 0 spiro atoms. The third-order valence-electron chi connectivity index (χ3n) is 2.90. The second-order valence-electron chi connectivity index (χ2n) is 4.89. The van der Waals surface area contributed by atoms with Crippen LogP contribution in [0.5, 0.6) is 0 Å². The van der Waals surface area contributed by atoms with E-state index in [1.807, 2.05) is 0 Å². The molecule has 0 aromatic rings. The van der Waals surface area contributed by atoms with Gasteiger partial charge in [-0.1, -0.05) is 13.8 Å². The topological polar surface area (TPSA) is 89.9 Å². The molecular weight excluding hydrogens is 259 g/mol. The van der Waals surface area contributed by atoms with E-state index in [0.29, 0.717) is 0 Å². The van der Waals surface area contributed by atoms with E-state index in [2.05, 4.69) is 0 Å². The molecule has 1 N–H and O–H groups in total. The molecule has 1 atom stereocenters. The van der Waals surface area contributed by atoms with Crippen LogP contribution in [0.3, 0.4) is 0 Å². The Morgan fingerprint density at radius 2 is 1.56 bits per heavy atom. The van der Waals surface area contributed by atoms with Crippen molar-refractivity contribution in [3.63, 3.8) is 0 Å². The zero-order valence-electron chi connectivity index (χ0n) is 11.6. The SMILES string of the molecule is COP(=O)(OC)C(C(=O)C(C)(C)C(=O)O)C(C)C. The highest BCUT2D eigenvalue weighted by Gasteiger charge is 2.50. The minimum Gasteiger partial charge on any atom is -0.481 e. The van der Waals surface area contributed by atoms with E-state index in [1.54, 1.807) is 13.8 Å². The predicted molar refractivity (Wildman–Crippen MR) is 66.7 cm³/mol. The van der Waals surface area contributed by atoms with Crippen LogP contribution in [0.4, 0.5) is 0 Å². The fraction of sp³-hybridized carbons (Fsp3) is 0.818. The minimum absolute atomic E-state index is 0.359. The molecule has 0 aliphatic heterocycles. The second-order valence-corrected chi connectivity index (χ2v) is 7.25.